The minimum absolute atomic E-state index is 0.316. The van der Waals surface area contributed by atoms with Gasteiger partial charge in [0.05, 0.1) is 6.26 Å². The lowest BCUT2D eigenvalue weighted by molar-refractivity contribution is 0.322. The van der Waals surface area contributed by atoms with Gasteiger partial charge in [-0.3, -0.25) is 0 Å². The van der Waals surface area contributed by atoms with Crippen molar-refractivity contribution < 1.29 is 4.42 Å². The van der Waals surface area contributed by atoms with E-state index >= 15 is 0 Å². The fourth-order valence-electron chi connectivity index (χ4n) is 2.70. The Labute approximate surface area is 133 Å². The first kappa shape index (κ1) is 16.4. The second-order valence-electron chi connectivity index (χ2n) is 8.08. The first-order chi connectivity index (χ1) is 9.73. The molecule has 0 saturated carbocycles. The Bertz CT molecular complexity index is 540. The standard InChI is InChI=1S/C19H28OS/c1-18(2,3)12-15-11-17(21-14-15)13-19(4,5)9-8-16-7-6-10-20-16/h6-7,10-11,14H,8-9,12-13H2,1-5H3. The maximum absolute atomic E-state index is 5.44. The maximum atomic E-state index is 5.44. The molecule has 0 spiro atoms. The summed E-state index contributed by atoms with van der Waals surface area (Å²) in [6, 6.07) is 6.45. The third-order valence-corrected chi connectivity index (χ3v) is 4.71. The summed E-state index contributed by atoms with van der Waals surface area (Å²) in [5.74, 6) is 1.10. The largest absolute Gasteiger partial charge is 0.469 e. The molecule has 0 radical (unpaired) electrons. The zero-order chi connectivity index (χ0) is 15.5. The second kappa shape index (κ2) is 6.39. The van der Waals surface area contributed by atoms with Gasteiger partial charge in [0.1, 0.15) is 5.76 Å². The van der Waals surface area contributed by atoms with E-state index in [1.54, 1.807) is 6.26 Å². The van der Waals surface area contributed by atoms with Crippen molar-refractivity contribution in [1.29, 1.82) is 0 Å². The molecule has 2 heterocycles. The quantitative estimate of drug-likeness (QED) is 0.625. The van der Waals surface area contributed by atoms with E-state index in [2.05, 4.69) is 52.1 Å². The highest BCUT2D eigenvalue weighted by atomic mass is 32.1. The lowest BCUT2D eigenvalue weighted by atomic mass is 9.83. The van der Waals surface area contributed by atoms with Crippen LogP contribution in [0, 0.1) is 10.8 Å². The zero-order valence-corrected chi connectivity index (χ0v) is 14.8. The molecule has 2 heteroatoms. The fourth-order valence-corrected chi connectivity index (χ4v) is 3.85. The van der Waals surface area contributed by atoms with E-state index in [1.807, 2.05) is 17.4 Å². The smallest absolute Gasteiger partial charge is 0.103 e. The van der Waals surface area contributed by atoms with Crippen LogP contribution < -0.4 is 0 Å². The molecule has 0 atom stereocenters. The van der Waals surface area contributed by atoms with Gasteiger partial charge in [-0.05, 0) is 59.2 Å². The highest BCUT2D eigenvalue weighted by Gasteiger charge is 2.21. The predicted octanol–water partition coefficient (Wildman–Crippen LogP) is 6.13. The molecule has 116 valence electrons. The summed E-state index contributed by atoms with van der Waals surface area (Å²) >= 11 is 1.92. The Hall–Kier alpha value is -1.02. The molecule has 1 nitrogen and oxygen atoms in total. The maximum Gasteiger partial charge on any atom is 0.103 e. The first-order valence-corrected chi connectivity index (χ1v) is 8.70. The van der Waals surface area contributed by atoms with E-state index in [0.717, 1.165) is 31.4 Å². The van der Waals surface area contributed by atoms with Crippen LogP contribution in [0.5, 0.6) is 0 Å². The Morgan fingerprint density at radius 2 is 1.86 bits per heavy atom. The molecule has 0 aliphatic carbocycles. The highest BCUT2D eigenvalue weighted by Crippen LogP contribution is 2.32. The summed E-state index contributed by atoms with van der Waals surface area (Å²) in [6.45, 7) is 11.6. The third kappa shape index (κ3) is 5.70. The Kier molecular flexibility index (Phi) is 4.98. The number of rotatable bonds is 6. The minimum atomic E-state index is 0.316. The van der Waals surface area contributed by atoms with Gasteiger partial charge in [0.2, 0.25) is 0 Å². The highest BCUT2D eigenvalue weighted by molar-refractivity contribution is 7.10. The number of furan rings is 1. The summed E-state index contributed by atoms with van der Waals surface area (Å²) < 4.78 is 5.44. The normalized spacial score (nSPS) is 12.8. The van der Waals surface area contributed by atoms with E-state index in [4.69, 9.17) is 4.42 Å². The van der Waals surface area contributed by atoms with Gasteiger partial charge < -0.3 is 4.42 Å². The monoisotopic (exact) mass is 304 g/mol. The lowest BCUT2D eigenvalue weighted by Gasteiger charge is -2.23. The van der Waals surface area contributed by atoms with Crippen LogP contribution in [0.1, 0.15) is 57.2 Å². The van der Waals surface area contributed by atoms with Gasteiger partial charge in [0, 0.05) is 11.3 Å². The molecule has 2 aromatic rings. The van der Waals surface area contributed by atoms with E-state index in [-0.39, 0.29) is 0 Å². The van der Waals surface area contributed by atoms with Gasteiger partial charge in [-0.15, -0.1) is 11.3 Å². The summed E-state index contributed by atoms with van der Waals surface area (Å²) in [6.07, 6.45) is 6.27. The first-order valence-electron chi connectivity index (χ1n) is 7.82. The molecule has 21 heavy (non-hydrogen) atoms. The molecule has 0 aliphatic rings. The van der Waals surface area contributed by atoms with Crippen LogP contribution in [0.25, 0.3) is 0 Å². The Morgan fingerprint density at radius 3 is 2.48 bits per heavy atom. The molecule has 2 aromatic heterocycles. The van der Waals surface area contributed by atoms with Crippen molar-refractivity contribution in [1.82, 2.24) is 0 Å². The van der Waals surface area contributed by atoms with Crippen molar-refractivity contribution in [3.8, 4) is 0 Å². The average Bonchev–Trinajstić information content (AvgIpc) is 2.96. The molecule has 0 unspecified atom stereocenters. The minimum Gasteiger partial charge on any atom is -0.469 e. The van der Waals surface area contributed by atoms with Crippen LogP contribution in [0.15, 0.2) is 34.3 Å². The van der Waals surface area contributed by atoms with Crippen molar-refractivity contribution in [2.75, 3.05) is 0 Å². The number of aryl methyl sites for hydroxylation is 1. The van der Waals surface area contributed by atoms with E-state index in [1.165, 1.54) is 10.4 Å². The summed E-state index contributed by atoms with van der Waals surface area (Å²) in [4.78, 5) is 1.51. The topological polar surface area (TPSA) is 13.1 Å². The Morgan fingerprint density at radius 1 is 1.10 bits per heavy atom. The molecule has 2 rings (SSSR count). The van der Waals surface area contributed by atoms with Gasteiger partial charge in [-0.2, -0.15) is 0 Å². The van der Waals surface area contributed by atoms with Gasteiger partial charge in [-0.1, -0.05) is 34.6 Å². The zero-order valence-electron chi connectivity index (χ0n) is 14.0. The molecular weight excluding hydrogens is 276 g/mol. The van der Waals surface area contributed by atoms with Gasteiger partial charge >= 0.3 is 0 Å². The fraction of sp³-hybridized carbons (Fsp3) is 0.579. The van der Waals surface area contributed by atoms with Crippen LogP contribution >= 0.6 is 11.3 Å². The summed E-state index contributed by atoms with van der Waals surface area (Å²) in [5.41, 5.74) is 2.17. The number of thiophene rings is 1. The van der Waals surface area contributed by atoms with Crippen molar-refractivity contribution in [3.05, 3.63) is 46.0 Å². The molecule has 0 saturated heterocycles. The van der Waals surface area contributed by atoms with Crippen LogP contribution in [0.4, 0.5) is 0 Å². The SMILES string of the molecule is CC(C)(C)Cc1csc(CC(C)(C)CCc2ccco2)c1. The van der Waals surface area contributed by atoms with E-state index in [9.17, 15) is 0 Å². The van der Waals surface area contributed by atoms with Gasteiger partial charge in [0.15, 0.2) is 0 Å². The van der Waals surface area contributed by atoms with Crippen molar-refractivity contribution >= 4 is 11.3 Å². The Balaban J connectivity index is 1.90. The number of hydrogen-bond donors (Lipinski definition) is 0. The van der Waals surface area contributed by atoms with Crippen LogP contribution in [0.3, 0.4) is 0 Å². The molecule has 0 fully saturated rings. The van der Waals surface area contributed by atoms with Crippen molar-refractivity contribution in [2.24, 2.45) is 10.8 Å². The summed E-state index contributed by atoms with van der Waals surface area (Å²) in [7, 11) is 0. The van der Waals surface area contributed by atoms with Crippen molar-refractivity contribution in [2.45, 2.75) is 60.3 Å². The molecule has 0 aromatic carbocycles. The summed E-state index contributed by atoms with van der Waals surface area (Å²) in [5, 5.41) is 2.34. The number of hydrogen-bond acceptors (Lipinski definition) is 2. The predicted molar refractivity (Wildman–Crippen MR) is 92.0 cm³/mol. The third-order valence-electron chi connectivity index (χ3n) is 3.72. The molecule has 0 amide bonds. The van der Waals surface area contributed by atoms with Crippen molar-refractivity contribution in [3.63, 3.8) is 0 Å². The molecule has 0 aliphatic heterocycles. The van der Waals surface area contributed by atoms with Gasteiger partial charge in [-0.25, -0.2) is 0 Å². The van der Waals surface area contributed by atoms with Crippen LogP contribution in [-0.4, -0.2) is 0 Å². The van der Waals surface area contributed by atoms with E-state index < -0.39 is 0 Å². The van der Waals surface area contributed by atoms with Gasteiger partial charge in [0.25, 0.3) is 0 Å². The molecule has 0 N–H and O–H groups in total. The molecule has 0 bridgehead atoms. The average molecular weight is 304 g/mol. The van der Waals surface area contributed by atoms with E-state index in [0.29, 0.717) is 10.8 Å². The van der Waals surface area contributed by atoms with Crippen LogP contribution in [-0.2, 0) is 19.3 Å². The molecular formula is C19H28OS. The second-order valence-corrected chi connectivity index (χ2v) is 9.07. The van der Waals surface area contributed by atoms with Crippen LogP contribution in [0.2, 0.25) is 0 Å². The lowest BCUT2D eigenvalue weighted by Crippen LogP contribution is -2.15.